The highest BCUT2D eigenvalue weighted by Gasteiger charge is 1.97. The molecule has 0 spiro atoms. The molecule has 0 aliphatic carbocycles. The predicted octanol–water partition coefficient (Wildman–Crippen LogP) is 3.29. The fourth-order valence-corrected chi connectivity index (χ4v) is 1.66. The van der Waals surface area contributed by atoms with Gasteiger partial charge in [-0.2, -0.15) is 5.10 Å². The average molecular weight is 254 g/mol. The monoisotopic (exact) mass is 254 g/mol. The van der Waals surface area contributed by atoms with E-state index in [1.807, 2.05) is 61.5 Å². The van der Waals surface area contributed by atoms with E-state index in [0.29, 0.717) is 4.99 Å². The number of hydrogen-bond acceptors (Lipinski definition) is 2. The molecule has 0 heterocycles. The van der Waals surface area contributed by atoms with E-state index < -0.39 is 0 Å². The largest absolute Gasteiger partial charge is 0.267 e. The molecule has 0 amide bonds. The van der Waals surface area contributed by atoms with E-state index >= 15 is 0 Å². The summed E-state index contributed by atoms with van der Waals surface area (Å²) < 4.78 is 0. The lowest BCUT2D eigenvalue weighted by atomic mass is 10.1. The van der Waals surface area contributed by atoms with Crippen molar-refractivity contribution in [1.29, 1.82) is 0 Å². The molecule has 0 bridgehead atoms. The van der Waals surface area contributed by atoms with E-state index in [0.717, 1.165) is 11.1 Å². The van der Waals surface area contributed by atoms with Crippen LogP contribution in [0.15, 0.2) is 59.7 Å². The van der Waals surface area contributed by atoms with Crippen LogP contribution in [0, 0.1) is 6.92 Å². The van der Waals surface area contributed by atoms with E-state index in [2.05, 4.69) is 10.5 Å². The summed E-state index contributed by atoms with van der Waals surface area (Å²) >= 11 is 5.25. The first kappa shape index (κ1) is 12.5. The van der Waals surface area contributed by atoms with Crippen LogP contribution in [0.25, 0.3) is 0 Å². The van der Waals surface area contributed by atoms with Gasteiger partial charge in [0.15, 0.2) is 0 Å². The van der Waals surface area contributed by atoms with Gasteiger partial charge in [-0.3, -0.25) is 5.43 Å². The van der Waals surface area contributed by atoms with Gasteiger partial charge in [0, 0.05) is 5.56 Å². The molecule has 2 aromatic carbocycles. The highest BCUT2D eigenvalue weighted by Crippen LogP contribution is 2.03. The Morgan fingerprint density at radius 1 is 1.06 bits per heavy atom. The summed E-state index contributed by atoms with van der Waals surface area (Å²) in [7, 11) is 0. The van der Waals surface area contributed by atoms with E-state index in [-0.39, 0.29) is 0 Å². The summed E-state index contributed by atoms with van der Waals surface area (Å²) in [5.41, 5.74) is 6.10. The van der Waals surface area contributed by atoms with Gasteiger partial charge in [-0.1, -0.05) is 72.4 Å². The fourth-order valence-electron chi connectivity index (χ4n) is 1.47. The standard InChI is InChI=1S/C15H14N2S/c1-12-7-9-14(10-8-12)15(18)17-16-11-13-5-3-2-4-6-13/h2-11H,1H3,(H,17,18)/b16-11+. The van der Waals surface area contributed by atoms with Gasteiger partial charge in [-0.25, -0.2) is 0 Å². The predicted molar refractivity (Wildman–Crippen MR) is 80.1 cm³/mol. The van der Waals surface area contributed by atoms with Gasteiger partial charge in [-0.15, -0.1) is 0 Å². The Labute approximate surface area is 112 Å². The Hall–Kier alpha value is -2.00. The highest BCUT2D eigenvalue weighted by atomic mass is 32.1. The smallest absolute Gasteiger partial charge is 0.126 e. The molecule has 0 aliphatic heterocycles. The Balaban J connectivity index is 1.96. The van der Waals surface area contributed by atoms with Crippen LogP contribution < -0.4 is 5.43 Å². The fraction of sp³-hybridized carbons (Fsp3) is 0.0667. The molecular formula is C15H14N2S. The van der Waals surface area contributed by atoms with Crippen molar-refractivity contribution in [3.05, 3.63) is 71.3 Å². The van der Waals surface area contributed by atoms with Gasteiger partial charge in [0.05, 0.1) is 6.21 Å². The van der Waals surface area contributed by atoms with Crippen molar-refractivity contribution < 1.29 is 0 Å². The Bertz CT molecular complexity index is 544. The summed E-state index contributed by atoms with van der Waals surface area (Å²) in [4.78, 5) is 0.627. The van der Waals surface area contributed by atoms with Crippen LogP contribution in [-0.4, -0.2) is 11.2 Å². The molecule has 0 saturated carbocycles. The third-order valence-corrected chi connectivity index (χ3v) is 2.82. The number of aryl methyl sites for hydroxylation is 1. The van der Waals surface area contributed by atoms with Gasteiger partial charge in [0.1, 0.15) is 4.99 Å². The van der Waals surface area contributed by atoms with Crippen molar-refractivity contribution in [3.8, 4) is 0 Å². The van der Waals surface area contributed by atoms with Crippen molar-refractivity contribution in [1.82, 2.24) is 5.43 Å². The zero-order chi connectivity index (χ0) is 12.8. The second kappa shape index (κ2) is 6.07. The lowest BCUT2D eigenvalue weighted by molar-refractivity contribution is 1.05. The normalized spacial score (nSPS) is 10.5. The topological polar surface area (TPSA) is 24.4 Å². The number of rotatable bonds is 3. The van der Waals surface area contributed by atoms with Crippen LogP contribution >= 0.6 is 12.2 Å². The molecule has 0 radical (unpaired) electrons. The van der Waals surface area contributed by atoms with Crippen LogP contribution in [0.4, 0.5) is 0 Å². The lowest BCUT2D eigenvalue weighted by Crippen LogP contribution is -2.16. The molecule has 2 rings (SSSR count). The number of thiocarbonyl (C=S) groups is 1. The summed E-state index contributed by atoms with van der Waals surface area (Å²) in [5.74, 6) is 0. The Morgan fingerprint density at radius 3 is 2.39 bits per heavy atom. The number of hydrogen-bond donors (Lipinski definition) is 1. The summed E-state index contributed by atoms with van der Waals surface area (Å²) in [6, 6.07) is 17.9. The lowest BCUT2D eigenvalue weighted by Gasteiger charge is -2.03. The van der Waals surface area contributed by atoms with Gasteiger partial charge in [-0.05, 0) is 12.5 Å². The Kier molecular flexibility index (Phi) is 4.20. The summed E-state index contributed by atoms with van der Waals surface area (Å²) in [5, 5.41) is 4.12. The minimum absolute atomic E-state index is 0.627. The van der Waals surface area contributed by atoms with Crippen LogP contribution in [0.5, 0.6) is 0 Å². The molecule has 1 N–H and O–H groups in total. The van der Waals surface area contributed by atoms with E-state index in [1.54, 1.807) is 6.21 Å². The SMILES string of the molecule is Cc1ccc(C(=S)N/N=C/c2ccccc2)cc1. The number of nitrogens with one attached hydrogen (secondary N) is 1. The van der Waals surface area contributed by atoms with Gasteiger partial charge >= 0.3 is 0 Å². The first-order valence-electron chi connectivity index (χ1n) is 5.71. The number of benzene rings is 2. The van der Waals surface area contributed by atoms with E-state index in [1.165, 1.54) is 5.56 Å². The first-order chi connectivity index (χ1) is 8.75. The van der Waals surface area contributed by atoms with Crippen LogP contribution in [-0.2, 0) is 0 Å². The van der Waals surface area contributed by atoms with Crippen LogP contribution in [0.2, 0.25) is 0 Å². The number of nitrogens with zero attached hydrogens (tertiary/aromatic N) is 1. The Morgan fingerprint density at radius 2 is 1.72 bits per heavy atom. The highest BCUT2D eigenvalue weighted by molar-refractivity contribution is 7.80. The molecule has 0 saturated heterocycles. The van der Waals surface area contributed by atoms with Crippen molar-refractivity contribution in [2.24, 2.45) is 5.10 Å². The third kappa shape index (κ3) is 3.50. The molecule has 0 aliphatic rings. The quantitative estimate of drug-likeness (QED) is 0.516. The first-order valence-corrected chi connectivity index (χ1v) is 6.11. The van der Waals surface area contributed by atoms with Crippen molar-refractivity contribution in [2.75, 3.05) is 0 Å². The molecule has 18 heavy (non-hydrogen) atoms. The number of hydrazone groups is 1. The summed E-state index contributed by atoms with van der Waals surface area (Å²) in [6.45, 7) is 2.05. The molecule has 2 aromatic rings. The third-order valence-electron chi connectivity index (χ3n) is 2.49. The summed E-state index contributed by atoms with van der Waals surface area (Å²) in [6.07, 6.45) is 1.75. The van der Waals surface area contributed by atoms with Gasteiger partial charge in [0.2, 0.25) is 0 Å². The van der Waals surface area contributed by atoms with Crippen LogP contribution in [0.3, 0.4) is 0 Å². The average Bonchev–Trinajstić information content (AvgIpc) is 2.40. The van der Waals surface area contributed by atoms with Gasteiger partial charge < -0.3 is 0 Å². The zero-order valence-electron chi connectivity index (χ0n) is 10.1. The minimum Gasteiger partial charge on any atom is -0.267 e. The molecule has 0 aromatic heterocycles. The molecular weight excluding hydrogens is 240 g/mol. The van der Waals surface area contributed by atoms with Gasteiger partial charge in [0.25, 0.3) is 0 Å². The van der Waals surface area contributed by atoms with Crippen LogP contribution in [0.1, 0.15) is 16.7 Å². The molecule has 2 nitrogen and oxygen atoms in total. The minimum atomic E-state index is 0.627. The van der Waals surface area contributed by atoms with Crippen molar-refractivity contribution >= 4 is 23.4 Å². The molecule has 3 heteroatoms. The second-order valence-corrected chi connectivity index (χ2v) is 4.38. The van der Waals surface area contributed by atoms with E-state index in [9.17, 15) is 0 Å². The zero-order valence-corrected chi connectivity index (χ0v) is 10.9. The van der Waals surface area contributed by atoms with Crippen molar-refractivity contribution in [2.45, 2.75) is 6.92 Å². The maximum atomic E-state index is 5.25. The molecule has 0 fully saturated rings. The molecule has 0 unspecified atom stereocenters. The van der Waals surface area contributed by atoms with E-state index in [4.69, 9.17) is 12.2 Å². The maximum Gasteiger partial charge on any atom is 0.126 e. The van der Waals surface area contributed by atoms with Crippen molar-refractivity contribution in [3.63, 3.8) is 0 Å². The molecule has 0 atom stereocenters. The second-order valence-electron chi connectivity index (χ2n) is 3.98. The maximum absolute atomic E-state index is 5.25. The molecule has 90 valence electrons.